The van der Waals surface area contributed by atoms with Crippen molar-refractivity contribution in [2.75, 3.05) is 19.0 Å². The quantitative estimate of drug-likeness (QED) is 0.363. The molecule has 0 aliphatic carbocycles. The zero-order valence-corrected chi connectivity index (χ0v) is 18.1. The minimum Gasteiger partial charge on any atom is -0.378 e. The van der Waals surface area contributed by atoms with Gasteiger partial charge in [-0.05, 0) is 35.5 Å². The van der Waals surface area contributed by atoms with Crippen molar-refractivity contribution in [1.82, 2.24) is 5.32 Å². The van der Waals surface area contributed by atoms with Crippen LogP contribution in [0.1, 0.15) is 16.7 Å². The first-order valence-corrected chi connectivity index (χ1v) is 10.7. The minimum atomic E-state index is -0.170. The maximum atomic E-state index is 12.4. The lowest BCUT2D eigenvalue weighted by atomic mass is 10.0. The number of carbonyl (C=O) groups is 1. The average molecular weight is 427 g/mol. The third-order valence-corrected chi connectivity index (χ3v) is 5.59. The number of carbonyl (C=O) groups excluding carboxylic acids is 1. The van der Waals surface area contributed by atoms with Gasteiger partial charge in [-0.15, -0.1) is 10.2 Å². The zero-order valence-electron chi connectivity index (χ0n) is 17.3. The lowest BCUT2D eigenvalue weighted by molar-refractivity contribution is -0.115. The Hall–Kier alpha value is -3.64. The third-order valence-electron chi connectivity index (χ3n) is 4.69. The van der Waals surface area contributed by atoms with Crippen molar-refractivity contribution < 1.29 is 4.79 Å². The van der Waals surface area contributed by atoms with Crippen LogP contribution in [0.3, 0.4) is 0 Å². The van der Waals surface area contributed by atoms with Crippen molar-refractivity contribution in [1.29, 1.82) is 0 Å². The van der Waals surface area contributed by atoms with E-state index in [0.29, 0.717) is 10.1 Å². The summed E-state index contributed by atoms with van der Waals surface area (Å²) < 4.78 is 0. The number of amides is 1. The smallest absolute Gasteiger partial charge is 0.264 e. The first-order valence-electron chi connectivity index (χ1n) is 9.85. The fourth-order valence-corrected chi connectivity index (χ4v) is 3.84. The van der Waals surface area contributed by atoms with Crippen molar-refractivity contribution in [3.8, 4) is 0 Å². The summed E-state index contributed by atoms with van der Waals surface area (Å²) >= 11 is 1.29. The zero-order chi connectivity index (χ0) is 21.6. The second-order valence-corrected chi connectivity index (χ2v) is 8.17. The van der Waals surface area contributed by atoms with Gasteiger partial charge >= 0.3 is 0 Å². The van der Waals surface area contributed by atoms with E-state index in [1.165, 1.54) is 11.8 Å². The van der Waals surface area contributed by atoms with Gasteiger partial charge in [0.25, 0.3) is 5.91 Å². The fourth-order valence-electron chi connectivity index (χ4n) is 3.06. The van der Waals surface area contributed by atoms with E-state index in [9.17, 15) is 4.79 Å². The van der Waals surface area contributed by atoms with E-state index in [1.54, 1.807) is 0 Å². The molecule has 0 unspecified atom stereocenters. The lowest BCUT2D eigenvalue weighted by Gasteiger charge is -2.11. The molecule has 0 bridgehead atoms. The van der Waals surface area contributed by atoms with Crippen LogP contribution in [0.2, 0.25) is 0 Å². The van der Waals surface area contributed by atoms with Crippen LogP contribution in [0.5, 0.6) is 0 Å². The lowest BCUT2D eigenvalue weighted by Crippen LogP contribution is -2.19. The third kappa shape index (κ3) is 5.10. The van der Waals surface area contributed by atoms with Crippen LogP contribution in [-0.4, -0.2) is 30.9 Å². The molecule has 0 atom stereocenters. The normalized spacial score (nSPS) is 15.7. The van der Waals surface area contributed by atoms with Crippen molar-refractivity contribution in [2.45, 2.75) is 0 Å². The van der Waals surface area contributed by atoms with Crippen LogP contribution in [0.15, 0.2) is 100 Å². The molecule has 3 aromatic rings. The Bertz CT molecular complexity index is 1110. The van der Waals surface area contributed by atoms with Gasteiger partial charge in [-0.3, -0.25) is 10.1 Å². The van der Waals surface area contributed by atoms with Crippen LogP contribution in [-0.2, 0) is 4.79 Å². The van der Waals surface area contributed by atoms with Gasteiger partial charge in [0.1, 0.15) is 5.71 Å². The van der Waals surface area contributed by atoms with Crippen LogP contribution in [0, 0.1) is 0 Å². The summed E-state index contributed by atoms with van der Waals surface area (Å²) in [7, 11) is 3.99. The van der Waals surface area contributed by atoms with E-state index in [2.05, 4.69) is 15.5 Å². The Morgan fingerprint density at radius 3 is 2.00 bits per heavy atom. The summed E-state index contributed by atoms with van der Waals surface area (Å²) in [5.74, 6) is -0.170. The number of benzene rings is 3. The summed E-state index contributed by atoms with van der Waals surface area (Å²) in [6, 6.07) is 27.8. The highest BCUT2D eigenvalue weighted by Crippen LogP contribution is 2.27. The van der Waals surface area contributed by atoms with E-state index in [4.69, 9.17) is 0 Å². The van der Waals surface area contributed by atoms with Gasteiger partial charge in [-0.2, -0.15) is 0 Å². The predicted octanol–water partition coefficient (Wildman–Crippen LogP) is 4.77. The van der Waals surface area contributed by atoms with Crippen molar-refractivity contribution in [3.63, 3.8) is 0 Å². The summed E-state index contributed by atoms with van der Waals surface area (Å²) in [5, 5.41) is 12.1. The van der Waals surface area contributed by atoms with E-state index in [-0.39, 0.29) is 5.91 Å². The molecule has 1 aliphatic heterocycles. The predicted molar refractivity (Wildman–Crippen MR) is 130 cm³/mol. The topological polar surface area (TPSA) is 57.1 Å². The van der Waals surface area contributed by atoms with Crippen LogP contribution in [0.4, 0.5) is 5.69 Å². The van der Waals surface area contributed by atoms with E-state index >= 15 is 0 Å². The van der Waals surface area contributed by atoms with Gasteiger partial charge < -0.3 is 4.90 Å². The molecule has 6 heteroatoms. The molecule has 1 saturated heterocycles. The minimum absolute atomic E-state index is 0.170. The van der Waals surface area contributed by atoms with Gasteiger partial charge in [-0.1, -0.05) is 72.8 Å². The van der Waals surface area contributed by atoms with Gasteiger partial charge in [-0.25, -0.2) is 0 Å². The molecular formula is C25H22N4OS. The van der Waals surface area contributed by atoms with E-state index in [0.717, 1.165) is 28.1 Å². The van der Waals surface area contributed by atoms with Crippen molar-refractivity contribution in [3.05, 3.63) is 107 Å². The molecule has 1 N–H and O–H groups in total. The van der Waals surface area contributed by atoms with Crippen LogP contribution >= 0.6 is 11.8 Å². The molecule has 0 saturated carbocycles. The fraction of sp³-hybridized carbons (Fsp3) is 0.0800. The first kappa shape index (κ1) is 20.6. The van der Waals surface area contributed by atoms with Gasteiger partial charge in [0.05, 0.1) is 4.91 Å². The Balaban J connectivity index is 1.59. The van der Waals surface area contributed by atoms with Crippen LogP contribution < -0.4 is 10.2 Å². The highest BCUT2D eigenvalue weighted by atomic mass is 32.2. The van der Waals surface area contributed by atoms with Crippen molar-refractivity contribution in [2.24, 2.45) is 10.2 Å². The highest BCUT2D eigenvalue weighted by Gasteiger charge is 2.24. The number of hydrogen-bond donors (Lipinski definition) is 1. The monoisotopic (exact) mass is 426 g/mol. The molecule has 1 aliphatic rings. The number of rotatable bonds is 5. The standard InChI is InChI=1S/C25H22N4OS/c1-29(2)21-15-13-18(14-16-21)17-22-24(30)26-25(31-22)28-27-23(19-9-5-3-6-10-19)20-11-7-4-8-12-20/h3-17H,1-2H3,(H,26,28,30)/b22-17-. The summed E-state index contributed by atoms with van der Waals surface area (Å²) in [6.45, 7) is 0. The first-order chi connectivity index (χ1) is 15.1. The molecule has 1 fully saturated rings. The van der Waals surface area contributed by atoms with Crippen LogP contribution in [0.25, 0.3) is 6.08 Å². The number of nitrogens with one attached hydrogen (secondary N) is 1. The van der Waals surface area contributed by atoms with Gasteiger partial charge in [0.2, 0.25) is 0 Å². The maximum Gasteiger partial charge on any atom is 0.264 e. The number of thioether (sulfide) groups is 1. The largest absolute Gasteiger partial charge is 0.378 e. The molecule has 1 heterocycles. The molecule has 154 valence electrons. The van der Waals surface area contributed by atoms with Crippen molar-refractivity contribution >= 4 is 40.3 Å². The molecule has 1 amide bonds. The molecule has 4 rings (SSSR count). The molecule has 3 aromatic carbocycles. The van der Waals surface area contributed by atoms with Gasteiger partial charge in [0, 0.05) is 30.9 Å². The number of anilines is 1. The Morgan fingerprint density at radius 2 is 1.45 bits per heavy atom. The number of amidine groups is 1. The second kappa shape index (κ2) is 9.45. The summed E-state index contributed by atoms with van der Waals surface area (Å²) in [4.78, 5) is 15.0. The Labute approximate surface area is 186 Å². The number of nitrogens with zero attached hydrogens (tertiary/aromatic N) is 3. The van der Waals surface area contributed by atoms with E-state index in [1.807, 2.05) is 110 Å². The Kier molecular flexibility index (Phi) is 6.29. The second-order valence-electron chi connectivity index (χ2n) is 7.14. The SMILES string of the molecule is CN(C)c1ccc(/C=C2\S/C(=N\N=C(c3ccccc3)c3ccccc3)NC2=O)cc1. The molecule has 5 nitrogen and oxygen atoms in total. The Morgan fingerprint density at radius 1 is 0.871 bits per heavy atom. The highest BCUT2D eigenvalue weighted by molar-refractivity contribution is 8.18. The van der Waals surface area contributed by atoms with Gasteiger partial charge in [0.15, 0.2) is 5.17 Å². The number of hydrogen-bond acceptors (Lipinski definition) is 5. The molecular weight excluding hydrogens is 404 g/mol. The molecule has 31 heavy (non-hydrogen) atoms. The summed E-state index contributed by atoms with van der Waals surface area (Å²) in [5.41, 5.74) is 4.74. The molecule has 0 spiro atoms. The maximum absolute atomic E-state index is 12.4. The average Bonchev–Trinajstić information content (AvgIpc) is 3.14. The molecule has 0 radical (unpaired) electrons. The summed E-state index contributed by atoms with van der Waals surface area (Å²) in [6.07, 6.45) is 1.86. The molecule has 0 aromatic heterocycles. The van der Waals surface area contributed by atoms with E-state index < -0.39 is 0 Å².